The number of hydrogen-bond acceptors (Lipinski definition) is 0. The summed E-state index contributed by atoms with van der Waals surface area (Å²) in [7, 11) is 0. The molecule has 62 heavy (non-hydrogen) atoms. The van der Waals surface area contributed by atoms with Gasteiger partial charge in [-0.05, 0) is 127 Å². The first-order valence-corrected chi connectivity index (χ1v) is 22.3. The second-order valence-electron chi connectivity index (χ2n) is 19.6. The van der Waals surface area contributed by atoms with Gasteiger partial charge in [-0.2, -0.15) is 0 Å². The van der Waals surface area contributed by atoms with E-state index in [2.05, 4.69) is 236 Å². The van der Waals surface area contributed by atoms with Crippen molar-refractivity contribution in [3.8, 4) is 22.3 Å². The summed E-state index contributed by atoms with van der Waals surface area (Å²) in [6.45, 7) is 14.1. The Morgan fingerprint density at radius 2 is 0.581 bits per heavy atom. The molecular weight excluding hydrogens is 745 g/mol. The first-order valence-electron chi connectivity index (χ1n) is 22.3. The minimum absolute atomic E-state index is 0.0125. The van der Waals surface area contributed by atoms with Gasteiger partial charge in [0.05, 0.1) is 5.41 Å². The number of fused-ring (bicyclic) bond motifs is 6. The lowest BCUT2D eigenvalue weighted by atomic mass is 9.59. The van der Waals surface area contributed by atoms with Gasteiger partial charge in [-0.3, -0.25) is 0 Å². The van der Waals surface area contributed by atoms with Gasteiger partial charge >= 0.3 is 0 Å². The normalized spacial score (nSPS) is 13.7. The van der Waals surface area contributed by atoms with E-state index in [1.807, 2.05) is 0 Å². The molecule has 0 aromatic heterocycles. The average Bonchev–Trinajstić information content (AvgIpc) is 3.28. The maximum atomic E-state index is 2.43. The number of benzene rings is 10. The molecule has 0 unspecified atom stereocenters. The molecule has 0 aliphatic heterocycles. The van der Waals surface area contributed by atoms with Crippen LogP contribution in [0.2, 0.25) is 0 Å². The van der Waals surface area contributed by atoms with Crippen LogP contribution in [0.3, 0.4) is 0 Å². The topological polar surface area (TPSA) is 0 Å². The van der Waals surface area contributed by atoms with Gasteiger partial charge in [0.2, 0.25) is 0 Å². The molecule has 0 spiro atoms. The molecule has 0 atom stereocenters. The molecule has 0 amide bonds. The predicted octanol–water partition coefficient (Wildman–Crippen LogP) is 16.5. The zero-order valence-corrected chi connectivity index (χ0v) is 36.7. The maximum absolute atomic E-state index is 2.43. The standard InChI is InChI=1S/C62H52/c1-60(2,3)58-50-25-13-9-21-46(50)56(47-22-10-14-26-51(47)58)40-31-35-44(36-32-40)62(54-29-17-7-19-42(54)39-43-20-8-18-30-55(43)62)45-37-33-41(34-38-45)57-48-23-11-15-27-52(48)59(61(4,5)6)53-28-16-12-24-49(53)57/h7-38H,39H2,1-6H3. The fourth-order valence-corrected chi connectivity index (χ4v) is 11.5. The number of hydrogen-bond donors (Lipinski definition) is 0. The minimum Gasteiger partial charge on any atom is -0.0620 e. The van der Waals surface area contributed by atoms with Crippen LogP contribution in [-0.4, -0.2) is 0 Å². The van der Waals surface area contributed by atoms with Crippen molar-refractivity contribution in [3.05, 3.63) is 239 Å². The monoisotopic (exact) mass is 796 g/mol. The van der Waals surface area contributed by atoms with E-state index in [4.69, 9.17) is 0 Å². The highest BCUT2D eigenvalue weighted by atomic mass is 14.4. The Morgan fingerprint density at radius 1 is 0.306 bits per heavy atom. The quantitative estimate of drug-likeness (QED) is 0.156. The van der Waals surface area contributed by atoms with E-state index in [0.29, 0.717) is 0 Å². The molecule has 1 aliphatic rings. The molecule has 0 radical (unpaired) electrons. The molecule has 0 bridgehead atoms. The van der Waals surface area contributed by atoms with E-state index in [1.165, 1.54) is 110 Å². The van der Waals surface area contributed by atoms with Gasteiger partial charge in [0.15, 0.2) is 0 Å². The Bertz CT molecular complexity index is 3020. The highest BCUT2D eigenvalue weighted by Crippen LogP contribution is 2.53. The Balaban J connectivity index is 1.15. The Hall–Kier alpha value is -6.76. The lowest BCUT2D eigenvalue weighted by Gasteiger charge is -2.42. The molecule has 10 aromatic rings. The summed E-state index contributed by atoms with van der Waals surface area (Å²) in [5, 5.41) is 10.5. The van der Waals surface area contributed by atoms with Crippen LogP contribution in [0, 0.1) is 0 Å². The third-order valence-corrected chi connectivity index (χ3v) is 13.8. The Kier molecular flexibility index (Phi) is 8.71. The molecule has 0 heterocycles. The van der Waals surface area contributed by atoms with Crippen molar-refractivity contribution in [3.63, 3.8) is 0 Å². The summed E-state index contributed by atoms with van der Waals surface area (Å²) in [6, 6.07) is 73.7. The summed E-state index contributed by atoms with van der Waals surface area (Å²) in [4.78, 5) is 0. The molecule has 300 valence electrons. The average molecular weight is 797 g/mol. The first kappa shape index (κ1) is 38.2. The smallest absolute Gasteiger partial charge is 0.0620 e. The largest absolute Gasteiger partial charge is 0.0707 e. The van der Waals surface area contributed by atoms with Crippen molar-refractivity contribution >= 4 is 43.1 Å². The van der Waals surface area contributed by atoms with Crippen molar-refractivity contribution in [1.29, 1.82) is 0 Å². The van der Waals surface area contributed by atoms with Gasteiger partial charge in [0.1, 0.15) is 0 Å². The summed E-state index contributed by atoms with van der Waals surface area (Å²) < 4.78 is 0. The van der Waals surface area contributed by atoms with Crippen LogP contribution >= 0.6 is 0 Å². The van der Waals surface area contributed by atoms with E-state index >= 15 is 0 Å². The minimum atomic E-state index is -0.525. The van der Waals surface area contributed by atoms with Gasteiger partial charge < -0.3 is 0 Å². The zero-order valence-electron chi connectivity index (χ0n) is 36.7. The molecule has 0 nitrogen and oxygen atoms in total. The molecule has 10 aromatic carbocycles. The Morgan fingerprint density at radius 3 is 0.887 bits per heavy atom. The van der Waals surface area contributed by atoms with Gasteiger partial charge in [-0.25, -0.2) is 0 Å². The van der Waals surface area contributed by atoms with E-state index in [-0.39, 0.29) is 10.8 Å². The van der Waals surface area contributed by atoms with Crippen LogP contribution in [0.5, 0.6) is 0 Å². The van der Waals surface area contributed by atoms with Crippen LogP contribution in [0.15, 0.2) is 194 Å². The second kappa shape index (κ2) is 14.1. The van der Waals surface area contributed by atoms with Crippen LogP contribution in [-0.2, 0) is 22.7 Å². The van der Waals surface area contributed by atoms with E-state index in [0.717, 1.165) is 6.42 Å². The summed E-state index contributed by atoms with van der Waals surface area (Å²) in [5.74, 6) is 0. The first-order chi connectivity index (χ1) is 30.0. The van der Waals surface area contributed by atoms with Crippen LogP contribution in [0.25, 0.3) is 65.3 Å². The third kappa shape index (κ3) is 5.73. The van der Waals surface area contributed by atoms with Crippen LogP contribution in [0.1, 0.15) is 86.1 Å². The zero-order chi connectivity index (χ0) is 42.4. The SMILES string of the molecule is CC(C)(C)c1c2ccccc2c(-c2ccc(C3(c4ccc(-c5c6ccccc6c(C(C)(C)C)c6ccccc56)cc4)c4ccccc4Cc4ccccc43)cc2)c2ccccc12. The lowest BCUT2D eigenvalue weighted by molar-refractivity contribution is 0.601. The Labute approximate surface area is 366 Å². The molecule has 11 rings (SSSR count). The van der Waals surface area contributed by atoms with Gasteiger partial charge in [-0.15, -0.1) is 0 Å². The van der Waals surface area contributed by atoms with Crippen molar-refractivity contribution in [1.82, 2.24) is 0 Å². The van der Waals surface area contributed by atoms with Crippen LogP contribution < -0.4 is 0 Å². The third-order valence-electron chi connectivity index (χ3n) is 13.8. The maximum Gasteiger partial charge on any atom is 0.0707 e. The van der Waals surface area contributed by atoms with Crippen molar-refractivity contribution < 1.29 is 0 Å². The molecule has 0 fully saturated rings. The van der Waals surface area contributed by atoms with Crippen molar-refractivity contribution in [2.45, 2.75) is 64.2 Å². The molecule has 0 saturated heterocycles. The van der Waals surface area contributed by atoms with Crippen molar-refractivity contribution in [2.24, 2.45) is 0 Å². The highest BCUT2D eigenvalue weighted by molar-refractivity contribution is 6.16. The van der Waals surface area contributed by atoms with Gasteiger partial charge in [0.25, 0.3) is 0 Å². The molecular formula is C62H52. The summed E-state index contributed by atoms with van der Waals surface area (Å²) >= 11 is 0. The fourth-order valence-electron chi connectivity index (χ4n) is 11.5. The van der Waals surface area contributed by atoms with E-state index < -0.39 is 5.41 Å². The summed E-state index contributed by atoms with van der Waals surface area (Å²) in [6.07, 6.45) is 0.917. The van der Waals surface area contributed by atoms with E-state index in [9.17, 15) is 0 Å². The highest BCUT2D eigenvalue weighted by Gasteiger charge is 2.43. The summed E-state index contributed by atoms with van der Waals surface area (Å²) in [5.41, 5.74) is 15.4. The lowest BCUT2D eigenvalue weighted by Crippen LogP contribution is -2.36. The molecule has 1 aliphatic carbocycles. The second-order valence-corrected chi connectivity index (χ2v) is 19.6. The molecule has 0 saturated carbocycles. The molecule has 0 N–H and O–H groups in total. The van der Waals surface area contributed by atoms with E-state index in [1.54, 1.807) is 0 Å². The number of rotatable bonds is 4. The van der Waals surface area contributed by atoms with Gasteiger partial charge in [-0.1, -0.05) is 236 Å². The molecule has 0 heteroatoms. The van der Waals surface area contributed by atoms with Crippen LogP contribution in [0.4, 0.5) is 0 Å². The van der Waals surface area contributed by atoms with Crippen molar-refractivity contribution in [2.75, 3.05) is 0 Å². The fraction of sp³-hybridized carbons (Fsp3) is 0.161. The van der Waals surface area contributed by atoms with Gasteiger partial charge in [0, 0.05) is 0 Å². The predicted molar refractivity (Wildman–Crippen MR) is 266 cm³/mol.